The predicted octanol–water partition coefficient (Wildman–Crippen LogP) is 4.36. The molecule has 0 saturated carbocycles. The van der Waals surface area contributed by atoms with E-state index in [-0.39, 0.29) is 5.78 Å². The first-order valence-corrected chi connectivity index (χ1v) is 6.82. The normalized spacial score (nSPS) is 10.7. The van der Waals surface area contributed by atoms with Gasteiger partial charge >= 0.3 is 0 Å². The number of hydrogen-bond donors (Lipinski definition) is 0. The second kappa shape index (κ2) is 5.91. The van der Waals surface area contributed by atoms with Gasteiger partial charge in [-0.2, -0.15) is 0 Å². The number of carbonyl (C=O) groups is 1. The van der Waals surface area contributed by atoms with Crippen molar-refractivity contribution in [3.63, 3.8) is 0 Å². The predicted molar refractivity (Wildman–Crippen MR) is 81.7 cm³/mol. The molecule has 2 aromatic carbocycles. The molecule has 2 rings (SSSR count). The number of ether oxygens (including phenoxy) is 1. The summed E-state index contributed by atoms with van der Waals surface area (Å²) in [6.07, 6.45) is 0. The zero-order valence-electron chi connectivity index (χ0n) is 12.4. The molecule has 0 amide bonds. The SMILES string of the molecule is COc1ccc(C(=O)c2ccc(C(C)C)cc2)cc1C. The highest BCUT2D eigenvalue weighted by Gasteiger charge is 2.11. The molecule has 20 heavy (non-hydrogen) atoms. The van der Waals surface area contributed by atoms with Gasteiger partial charge in [0.15, 0.2) is 5.78 Å². The topological polar surface area (TPSA) is 26.3 Å². The summed E-state index contributed by atoms with van der Waals surface area (Å²) in [5, 5.41) is 0. The van der Waals surface area contributed by atoms with Gasteiger partial charge in [-0.25, -0.2) is 0 Å². The minimum atomic E-state index is 0.0473. The summed E-state index contributed by atoms with van der Waals surface area (Å²) in [6.45, 7) is 6.23. The molecule has 0 aliphatic carbocycles. The average molecular weight is 268 g/mol. The van der Waals surface area contributed by atoms with E-state index in [9.17, 15) is 4.79 Å². The number of ketones is 1. The highest BCUT2D eigenvalue weighted by atomic mass is 16.5. The molecular formula is C18H20O2. The summed E-state index contributed by atoms with van der Waals surface area (Å²) in [7, 11) is 1.63. The van der Waals surface area contributed by atoms with E-state index in [1.165, 1.54) is 5.56 Å². The molecule has 0 fully saturated rings. The van der Waals surface area contributed by atoms with Gasteiger partial charge in [0.25, 0.3) is 0 Å². The average Bonchev–Trinajstić information content (AvgIpc) is 2.46. The monoisotopic (exact) mass is 268 g/mol. The van der Waals surface area contributed by atoms with Gasteiger partial charge in [-0.15, -0.1) is 0 Å². The van der Waals surface area contributed by atoms with Crippen molar-refractivity contribution in [1.29, 1.82) is 0 Å². The number of rotatable bonds is 4. The van der Waals surface area contributed by atoms with Crippen LogP contribution in [0.15, 0.2) is 42.5 Å². The van der Waals surface area contributed by atoms with Crippen molar-refractivity contribution < 1.29 is 9.53 Å². The van der Waals surface area contributed by atoms with Crippen LogP contribution in [0.3, 0.4) is 0 Å². The lowest BCUT2D eigenvalue weighted by Gasteiger charge is -2.08. The summed E-state index contributed by atoms with van der Waals surface area (Å²) in [4.78, 5) is 12.4. The Morgan fingerprint density at radius 3 is 2.10 bits per heavy atom. The van der Waals surface area contributed by atoms with E-state index in [1.54, 1.807) is 7.11 Å². The number of aryl methyl sites for hydroxylation is 1. The Kier molecular flexibility index (Phi) is 4.23. The summed E-state index contributed by atoms with van der Waals surface area (Å²) in [6, 6.07) is 13.4. The summed E-state index contributed by atoms with van der Waals surface area (Å²) >= 11 is 0. The van der Waals surface area contributed by atoms with Crippen LogP contribution in [0.1, 0.15) is 46.8 Å². The highest BCUT2D eigenvalue weighted by molar-refractivity contribution is 6.09. The molecule has 0 heterocycles. The van der Waals surface area contributed by atoms with Crippen LogP contribution < -0.4 is 4.74 Å². The standard InChI is InChI=1S/C18H20O2/c1-12(2)14-5-7-15(8-6-14)18(19)16-9-10-17(20-4)13(3)11-16/h5-12H,1-4H3. The van der Waals surface area contributed by atoms with Crippen molar-refractivity contribution in [2.75, 3.05) is 7.11 Å². The van der Waals surface area contributed by atoms with Crippen LogP contribution in [-0.2, 0) is 0 Å². The molecule has 0 aliphatic rings. The van der Waals surface area contributed by atoms with Crippen molar-refractivity contribution in [3.8, 4) is 5.75 Å². The Morgan fingerprint density at radius 2 is 1.60 bits per heavy atom. The molecule has 0 aromatic heterocycles. The lowest BCUT2D eigenvalue weighted by molar-refractivity contribution is 0.103. The fraction of sp³-hybridized carbons (Fsp3) is 0.278. The molecule has 2 heteroatoms. The first kappa shape index (κ1) is 14.3. The van der Waals surface area contributed by atoms with Crippen LogP contribution in [0.4, 0.5) is 0 Å². The Bertz CT molecular complexity index is 610. The van der Waals surface area contributed by atoms with Gasteiger partial charge in [0, 0.05) is 11.1 Å². The first-order valence-electron chi connectivity index (χ1n) is 6.82. The molecule has 0 bridgehead atoms. The Morgan fingerprint density at radius 1 is 1.00 bits per heavy atom. The highest BCUT2D eigenvalue weighted by Crippen LogP contribution is 2.21. The molecule has 0 atom stereocenters. The third-order valence-corrected chi connectivity index (χ3v) is 3.50. The molecule has 0 spiro atoms. The second-order valence-electron chi connectivity index (χ2n) is 5.29. The van der Waals surface area contributed by atoms with Crippen LogP contribution in [0.5, 0.6) is 5.75 Å². The van der Waals surface area contributed by atoms with E-state index >= 15 is 0 Å². The van der Waals surface area contributed by atoms with E-state index in [0.717, 1.165) is 16.9 Å². The maximum atomic E-state index is 12.4. The third-order valence-electron chi connectivity index (χ3n) is 3.50. The molecule has 0 saturated heterocycles. The zero-order chi connectivity index (χ0) is 14.7. The van der Waals surface area contributed by atoms with Gasteiger partial charge in [-0.05, 0) is 42.2 Å². The van der Waals surface area contributed by atoms with E-state index in [4.69, 9.17) is 4.74 Å². The molecule has 0 aliphatic heterocycles. The zero-order valence-corrected chi connectivity index (χ0v) is 12.4. The minimum absolute atomic E-state index is 0.0473. The molecule has 2 nitrogen and oxygen atoms in total. The largest absolute Gasteiger partial charge is 0.496 e. The smallest absolute Gasteiger partial charge is 0.193 e. The molecule has 0 unspecified atom stereocenters. The lowest BCUT2D eigenvalue weighted by atomic mass is 9.97. The molecule has 2 aromatic rings. The van der Waals surface area contributed by atoms with Crippen molar-refractivity contribution in [2.45, 2.75) is 26.7 Å². The second-order valence-corrected chi connectivity index (χ2v) is 5.29. The van der Waals surface area contributed by atoms with Crippen LogP contribution in [-0.4, -0.2) is 12.9 Å². The van der Waals surface area contributed by atoms with Crippen molar-refractivity contribution >= 4 is 5.78 Å². The fourth-order valence-electron chi connectivity index (χ4n) is 2.21. The first-order chi connectivity index (χ1) is 9.52. The van der Waals surface area contributed by atoms with Crippen molar-refractivity contribution in [3.05, 3.63) is 64.7 Å². The number of hydrogen-bond acceptors (Lipinski definition) is 2. The van der Waals surface area contributed by atoms with Crippen LogP contribution in [0, 0.1) is 6.92 Å². The third kappa shape index (κ3) is 2.90. The van der Waals surface area contributed by atoms with Gasteiger partial charge in [-0.3, -0.25) is 4.79 Å². The maximum absolute atomic E-state index is 12.4. The van der Waals surface area contributed by atoms with Gasteiger partial charge < -0.3 is 4.74 Å². The van der Waals surface area contributed by atoms with Crippen LogP contribution in [0.2, 0.25) is 0 Å². The van der Waals surface area contributed by atoms with Crippen LogP contribution in [0.25, 0.3) is 0 Å². The van der Waals surface area contributed by atoms with Crippen LogP contribution >= 0.6 is 0 Å². The molecule has 104 valence electrons. The van der Waals surface area contributed by atoms with Gasteiger partial charge in [-0.1, -0.05) is 38.1 Å². The molecule has 0 radical (unpaired) electrons. The Labute approximate surface area is 120 Å². The minimum Gasteiger partial charge on any atom is -0.496 e. The number of carbonyl (C=O) groups excluding carboxylic acids is 1. The lowest BCUT2D eigenvalue weighted by Crippen LogP contribution is -2.02. The van der Waals surface area contributed by atoms with E-state index < -0.39 is 0 Å². The van der Waals surface area contributed by atoms with E-state index in [0.29, 0.717) is 11.5 Å². The van der Waals surface area contributed by atoms with Crippen molar-refractivity contribution in [1.82, 2.24) is 0 Å². The summed E-state index contributed by atoms with van der Waals surface area (Å²) in [5.41, 5.74) is 3.63. The molecule has 0 N–H and O–H groups in total. The van der Waals surface area contributed by atoms with Crippen molar-refractivity contribution in [2.24, 2.45) is 0 Å². The number of benzene rings is 2. The fourth-order valence-corrected chi connectivity index (χ4v) is 2.21. The van der Waals surface area contributed by atoms with E-state index in [2.05, 4.69) is 13.8 Å². The summed E-state index contributed by atoms with van der Waals surface area (Å²) in [5.74, 6) is 1.32. The van der Waals surface area contributed by atoms with E-state index in [1.807, 2.05) is 49.4 Å². The quantitative estimate of drug-likeness (QED) is 0.770. The Hall–Kier alpha value is -2.09. The van der Waals surface area contributed by atoms with Gasteiger partial charge in [0.2, 0.25) is 0 Å². The Balaban J connectivity index is 2.29. The number of methoxy groups -OCH3 is 1. The summed E-state index contributed by atoms with van der Waals surface area (Å²) < 4.78 is 5.22. The van der Waals surface area contributed by atoms with Gasteiger partial charge in [0.1, 0.15) is 5.75 Å². The van der Waals surface area contributed by atoms with Gasteiger partial charge in [0.05, 0.1) is 7.11 Å². The molecular weight excluding hydrogens is 248 g/mol. The maximum Gasteiger partial charge on any atom is 0.193 e.